The van der Waals surface area contributed by atoms with Gasteiger partial charge in [-0.3, -0.25) is 9.11 Å². The van der Waals surface area contributed by atoms with E-state index < -0.39 is 36.6 Å². The Balaban J connectivity index is 3.78. The first-order valence-corrected chi connectivity index (χ1v) is 7.14. The minimum Gasteiger partial charge on any atom is -0.392 e. The fourth-order valence-electron chi connectivity index (χ4n) is 1.34. The van der Waals surface area contributed by atoms with E-state index in [1.165, 1.54) is 0 Å². The van der Waals surface area contributed by atoms with Gasteiger partial charge in [-0.15, -0.1) is 0 Å². The molecule has 0 amide bonds. The normalized spacial score (nSPS) is 12.7. The first kappa shape index (κ1) is 14.1. The summed E-state index contributed by atoms with van der Waals surface area (Å²) in [5.41, 5.74) is -0.372. The van der Waals surface area contributed by atoms with Crippen LogP contribution in [-0.2, 0) is 26.8 Å². The zero-order valence-electron chi connectivity index (χ0n) is 8.65. The molecule has 0 saturated heterocycles. The zero-order chi connectivity index (χ0) is 13.4. The number of aliphatic hydroxyl groups is 1. The van der Waals surface area contributed by atoms with E-state index in [0.717, 1.165) is 19.1 Å². The molecular formula is C8H10O7S2. The van der Waals surface area contributed by atoms with Crippen molar-refractivity contribution in [3.8, 4) is 0 Å². The topological polar surface area (TPSA) is 129 Å². The van der Waals surface area contributed by atoms with Gasteiger partial charge in [-0.2, -0.15) is 16.8 Å². The van der Waals surface area contributed by atoms with E-state index >= 15 is 0 Å². The Morgan fingerprint density at radius 3 is 1.59 bits per heavy atom. The van der Waals surface area contributed by atoms with Gasteiger partial charge in [-0.05, 0) is 30.2 Å². The van der Waals surface area contributed by atoms with Crippen LogP contribution in [0.3, 0.4) is 0 Å². The zero-order valence-corrected chi connectivity index (χ0v) is 10.3. The van der Waals surface area contributed by atoms with Crippen LogP contribution in [0.25, 0.3) is 0 Å². The Morgan fingerprint density at radius 2 is 1.35 bits per heavy atom. The van der Waals surface area contributed by atoms with Gasteiger partial charge in [0.25, 0.3) is 20.2 Å². The monoisotopic (exact) mass is 282 g/mol. The molecule has 96 valence electrons. The first-order valence-electron chi connectivity index (χ1n) is 4.26. The lowest BCUT2D eigenvalue weighted by Gasteiger charge is -2.09. The van der Waals surface area contributed by atoms with Crippen molar-refractivity contribution in [2.75, 3.05) is 0 Å². The average molecular weight is 282 g/mol. The Morgan fingerprint density at radius 1 is 1.00 bits per heavy atom. The van der Waals surface area contributed by atoms with E-state index in [2.05, 4.69) is 0 Å². The Bertz CT molecular complexity index is 589. The summed E-state index contributed by atoms with van der Waals surface area (Å²) in [5, 5.41) is 8.86. The van der Waals surface area contributed by atoms with Crippen molar-refractivity contribution in [1.29, 1.82) is 0 Å². The minimum atomic E-state index is -4.64. The molecule has 0 aliphatic heterocycles. The van der Waals surface area contributed by atoms with Crippen LogP contribution >= 0.6 is 0 Å². The van der Waals surface area contributed by atoms with Gasteiger partial charge in [0.1, 0.15) is 0 Å². The second-order valence-electron chi connectivity index (χ2n) is 3.33. The second kappa shape index (κ2) is 4.35. The van der Waals surface area contributed by atoms with Crippen LogP contribution in [-0.4, -0.2) is 31.0 Å². The molecular weight excluding hydrogens is 272 g/mol. The van der Waals surface area contributed by atoms with Gasteiger partial charge in [0.05, 0.1) is 16.4 Å². The van der Waals surface area contributed by atoms with Crippen LogP contribution in [0.5, 0.6) is 0 Å². The van der Waals surface area contributed by atoms with Gasteiger partial charge in [0, 0.05) is 0 Å². The Kier molecular flexibility index (Phi) is 3.60. The predicted molar refractivity (Wildman–Crippen MR) is 56.7 cm³/mol. The van der Waals surface area contributed by atoms with Crippen LogP contribution in [0.2, 0.25) is 0 Å². The van der Waals surface area contributed by atoms with Crippen molar-refractivity contribution in [3.63, 3.8) is 0 Å². The number of benzene rings is 1. The molecule has 0 unspecified atom stereocenters. The van der Waals surface area contributed by atoms with Gasteiger partial charge < -0.3 is 5.11 Å². The molecule has 0 aliphatic rings. The van der Waals surface area contributed by atoms with Gasteiger partial charge in [0.15, 0.2) is 0 Å². The quantitative estimate of drug-likeness (QED) is 0.664. The standard InChI is InChI=1S/C8H10O7S2/c1-5-7(16(10,11)12)2-6(4-9)3-8(5)17(13,14)15/h2-3,9H,4H2,1H3,(H,10,11,12)(H,13,14,15). The fourth-order valence-corrected chi connectivity index (χ4v) is 3.00. The van der Waals surface area contributed by atoms with Crippen LogP contribution in [0.15, 0.2) is 21.9 Å². The summed E-state index contributed by atoms with van der Waals surface area (Å²) in [6.45, 7) is 0.485. The van der Waals surface area contributed by atoms with E-state index in [9.17, 15) is 16.8 Å². The summed E-state index contributed by atoms with van der Waals surface area (Å²) in [6, 6.07) is 1.86. The molecule has 0 heterocycles. The van der Waals surface area contributed by atoms with Crippen molar-refractivity contribution in [2.45, 2.75) is 23.3 Å². The summed E-state index contributed by atoms with van der Waals surface area (Å²) in [4.78, 5) is -1.34. The smallest absolute Gasteiger partial charge is 0.294 e. The molecule has 1 aromatic rings. The van der Waals surface area contributed by atoms with Crippen molar-refractivity contribution in [1.82, 2.24) is 0 Å². The number of hydrogen-bond acceptors (Lipinski definition) is 5. The van der Waals surface area contributed by atoms with E-state index in [-0.39, 0.29) is 11.1 Å². The van der Waals surface area contributed by atoms with Gasteiger partial charge in [0.2, 0.25) is 0 Å². The molecule has 3 N–H and O–H groups in total. The SMILES string of the molecule is Cc1c(S(=O)(=O)O)cc(CO)cc1S(=O)(=O)O. The molecule has 0 aromatic heterocycles. The maximum atomic E-state index is 11.0. The number of rotatable bonds is 3. The minimum absolute atomic E-state index is 0.0594. The summed E-state index contributed by atoms with van der Waals surface area (Å²) < 4.78 is 61.8. The molecule has 0 radical (unpaired) electrons. The van der Waals surface area contributed by atoms with Crippen molar-refractivity contribution in [2.24, 2.45) is 0 Å². The highest BCUT2D eigenvalue weighted by atomic mass is 32.2. The summed E-state index contributed by atoms with van der Waals surface area (Å²) in [7, 11) is -9.27. The highest BCUT2D eigenvalue weighted by molar-refractivity contribution is 7.86. The molecule has 0 fully saturated rings. The number of aliphatic hydroxyl groups excluding tert-OH is 1. The maximum Gasteiger partial charge on any atom is 0.294 e. The van der Waals surface area contributed by atoms with Crippen LogP contribution < -0.4 is 0 Å². The summed E-state index contributed by atoms with van der Waals surface area (Å²) in [5.74, 6) is 0. The molecule has 9 heteroatoms. The molecule has 1 rings (SSSR count). The first-order chi connectivity index (χ1) is 7.57. The van der Waals surface area contributed by atoms with E-state index in [1.807, 2.05) is 0 Å². The molecule has 0 atom stereocenters. The molecule has 1 aromatic carbocycles. The molecule has 0 aliphatic carbocycles. The molecule has 0 spiro atoms. The van der Waals surface area contributed by atoms with Gasteiger partial charge in [-0.1, -0.05) is 0 Å². The lowest BCUT2D eigenvalue weighted by Crippen LogP contribution is -2.09. The fraction of sp³-hybridized carbons (Fsp3) is 0.250. The van der Waals surface area contributed by atoms with Crippen molar-refractivity contribution in [3.05, 3.63) is 23.3 Å². The van der Waals surface area contributed by atoms with Crippen LogP contribution in [0, 0.1) is 6.92 Å². The van der Waals surface area contributed by atoms with E-state index in [4.69, 9.17) is 14.2 Å². The number of hydrogen-bond donors (Lipinski definition) is 3. The highest BCUT2D eigenvalue weighted by Gasteiger charge is 2.22. The average Bonchev–Trinajstić information content (AvgIpc) is 2.14. The third-order valence-electron chi connectivity index (χ3n) is 2.11. The van der Waals surface area contributed by atoms with Crippen molar-refractivity contribution >= 4 is 20.2 Å². The lowest BCUT2D eigenvalue weighted by atomic mass is 10.1. The maximum absolute atomic E-state index is 11.0. The molecule has 7 nitrogen and oxygen atoms in total. The van der Waals surface area contributed by atoms with Gasteiger partial charge >= 0.3 is 0 Å². The Labute approximate surface area is 98.2 Å². The summed E-state index contributed by atoms with van der Waals surface area (Å²) in [6.07, 6.45) is 0. The predicted octanol–water partition coefficient (Wildman–Crippen LogP) is -0.0193. The lowest BCUT2D eigenvalue weighted by molar-refractivity contribution is 0.281. The molecule has 17 heavy (non-hydrogen) atoms. The van der Waals surface area contributed by atoms with Crippen LogP contribution in [0.4, 0.5) is 0 Å². The third-order valence-corrected chi connectivity index (χ3v) is 4.07. The van der Waals surface area contributed by atoms with Crippen LogP contribution in [0.1, 0.15) is 11.1 Å². The third kappa shape index (κ3) is 3.01. The van der Waals surface area contributed by atoms with E-state index in [1.54, 1.807) is 0 Å². The van der Waals surface area contributed by atoms with Crippen molar-refractivity contribution < 1.29 is 31.0 Å². The second-order valence-corrected chi connectivity index (χ2v) is 6.11. The molecule has 0 saturated carbocycles. The molecule has 0 bridgehead atoms. The Hall–Kier alpha value is -1.00. The summed E-state index contributed by atoms with van der Waals surface area (Å²) >= 11 is 0. The van der Waals surface area contributed by atoms with Gasteiger partial charge in [-0.25, -0.2) is 0 Å². The highest BCUT2D eigenvalue weighted by Crippen LogP contribution is 2.24. The largest absolute Gasteiger partial charge is 0.392 e. The van der Waals surface area contributed by atoms with E-state index in [0.29, 0.717) is 0 Å².